The molecule has 0 aliphatic carbocycles. The van der Waals surface area contributed by atoms with E-state index in [1.54, 1.807) is 0 Å². The maximum atomic E-state index is 5.81. The summed E-state index contributed by atoms with van der Waals surface area (Å²) in [6.45, 7) is 5.19. The molecule has 3 aromatic rings. The predicted molar refractivity (Wildman–Crippen MR) is 92.8 cm³/mol. The maximum absolute atomic E-state index is 5.81. The lowest BCUT2D eigenvalue weighted by atomic mass is 10.0. The first-order chi connectivity index (χ1) is 10.1. The summed E-state index contributed by atoms with van der Waals surface area (Å²) < 4.78 is 2.26. The van der Waals surface area contributed by atoms with Gasteiger partial charge in [-0.1, -0.05) is 42.5 Å². The molecular formula is C18H18N2S. The summed E-state index contributed by atoms with van der Waals surface area (Å²) in [5, 5.41) is 1.12. The summed E-state index contributed by atoms with van der Waals surface area (Å²) in [7, 11) is 0. The van der Waals surface area contributed by atoms with Crippen LogP contribution in [0, 0.1) is 13.8 Å². The molecule has 0 fully saturated rings. The minimum absolute atomic E-state index is 0.449. The molecule has 0 atom stereocenters. The van der Waals surface area contributed by atoms with E-state index in [2.05, 4.69) is 54.9 Å². The SMILES string of the molecule is Cc1cccc(C)c1Cn1ccc2c(C(N)=S)cccc21. The third-order valence-corrected chi connectivity index (χ3v) is 4.27. The van der Waals surface area contributed by atoms with Gasteiger partial charge in [0.25, 0.3) is 0 Å². The Labute approximate surface area is 130 Å². The van der Waals surface area contributed by atoms with Crippen molar-refractivity contribution in [1.29, 1.82) is 0 Å². The standard InChI is InChI=1S/C18H18N2S/c1-12-5-3-6-13(2)16(12)11-20-10-9-14-15(18(19)21)7-4-8-17(14)20/h3-10H,11H2,1-2H3,(H2,19,21). The average Bonchev–Trinajstić information content (AvgIpc) is 2.86. The van der Waals surface area contributed by atoms with Crippen LogP contribution in [-0.4, -0.2) is 9.56 Å². The Morgan fingerprint density at radius 2 is 1.71 bits per heavy atom. The van der Waals surface area contributed by atoms with Gasteiger partial charge in [0.15, 0.2) is 0 Å². The Morgan fingerprint density at radius 1 is 1.05 bits per heavy atom. The van der Waals surface area contributed by atoms with Gasteiger partial charge in [0.1, 0.15) is 4.99 Å². The number of fused-ring (bicyclic) bond motifs is 1. The van der Waals surface area contributed by atoms with E-state index in [1.165, 1.54) is 22.2 Å². The number of benzene rings is 2. The topological polar surface area (TPSA) is 30.9 Å². The van der Waals surface area contributed by atoms with Crippen LogP contribution in [0.2, 0.25) is 0 Å². The van der Waals surface area contributed by atoms with E-state index < -0.39 is 0 Å². The zero-order valence-corrected chi connectivity index (χ0v) is 13.1. The van der Waals surface area contributed by atoms with E-state index in [9.17, 15) is 0 Å². The van der Waals surface area contributed by atoms with Crippen LogP contribution in [0.25, 0.3) is 10.9 Å². The lowest BCUT2D eigenvalue weighted by molar-refractivity contribution is 0.823. The van der Waals surface area contributed by atoms with Crippen molar-refractivity contribution in [3.05, 3.63) is 70.9 Å². The quantitative estimate of drug-likeness (QED) is 0.742. The molecule has 0 radical (unpaired) electrons. The molecule has 0 spiro atoms. The highest BCUT2D eigenvalue weighted by Crippen LogP contribution is 2.23. The minimum Gasteiger partial charge on any atom is -0.389 e. The summed E-state index contributed by atoms with van der Waals surface area (Å²) in [4.78, 5) is 0.449. The lowest BCUT2D eigenvalue weighted by Gasteiger charge is -2.12. The Hall–Kier alpha value is -2.13. The van der Waals surface area contributed by atoms with Gasteiger partial charge in [-0.3, -0.25) is 0 Å². The highest BCUT2D eigenvalue weighted by atomic mass is 32.1. The van der Waals surface area contributed by atoms with Gasteiger partial charge in [0, 0.05) is 29.2 Å². The molecule has 3 rings (SSSR count). The molecule has 0 saturated carbocycles. The van der Waals surface area contributed by atoms with Gasteiger partial charge in [-0.25, -0.2) is 0 Å². The Balaban J connectivity index is 2.10. The first-order valence-corrected chi connectivity index (χ1v) is 7.41. The molecule has 3 heteroatoms. The fourth-order valence-electron chi connectivity index (χ4n) is 2.84. The van der Waals surface area contributed by atoms with Gasteiger partial charge < -0.3 is 10.3 Å². The van der Waals surface area contributed by atoms with Crippen LogP contribution >= 0.6 is 12.2 Å². The van der Waals surface area contributed by atoms with Gasteiger partial charge in [-0.15, -0.1) is 0 Å². The van der Waals surface area contributed by atoms with Crippen molar-refractivity contribution in [2.24, 2.45) is 5.73 Å². The third-order valence-electron chi connectivity index (χ3n) is 4.05. The number of hydrogen-bond donors (Lipinski definition) is 1. The second kappa shape index (κ2) is 5.34. The number of aryl methyl sites for hydroxylation is 2. The number of aromatic nitrogens is 1. The van der Waals surface area contributed by atoms with Crippen molar-refractivity contribution in [3.63, 3.8) is 0 Å². The van der Waals surface area contributed by atoms with Crippen molar-refractivity contribution < 1.29 is 0 Å². The molecular weight excluding hydrogens is 276 g/mol. The first-order valence-electron chi connectivity index (χ1n) is 7.00. The molecule has 0 saturated heterocycles. The van der Waals surface area contributed by atoms with Crippen LogP contribution < -0.4 is 5.73 Å². The second-order valence-electron chi connectivity index (χ2n) is 5.42. The molecule has 1 aromatic heterocycles. The van der Waals surface area contributed by atoms with Crippen molar-refractivity contribution in [2.45, 2.75) is 20.4 Å². The zero-order chi connectivity index (χ0) is 15.0. The molecule has 2 nitrogen and oxygen atoms in total. The van der Waals surface area contributed by atoms with Crippen LogP contribution in [0.4, 0.5) is 0 Å². The van der Waals surface area contributed by atoms with Crippen molar-refractivity contribution in [1.82, 2.24) is 4.57 Å². The van der Waals surface area contributed by atoms with Crippen molar-refractivity contribution in [2.75, 3.05) is 0 Å². The number of nitrogens with two attached hydrogens (primary N) is 1. The van der Waals surface area contributed by atoms with Crippen molar-refractivity contribution >= 4 is 28.1 Å². The highest BCUT2D eigenvalue weighted by Gasteiger charge is 2.09. The molecule has 0 bridgehead atoms. The molecule has 2 aromatic carbocycles. The van der Waals surface area contributed by atoms with Gasteiger partial charge in [-0.05, 0) is 42.7 Å². The molecule has 0 unspecified atom stereocenters. The molecule has 21 heavy (non-hydrogen) atoms. The van der Waals surface area contributed by atoms with E-state index in [4.69, 9.17) is 18.0 Å². The molecule has 0 aliphatic heterocycles. The lowest BCUT2D eigenvalue weighted by Crippen LogP contribution is -2.09. The summed E-state index contributed by atoms with van der Waals surface area (Å²) in [6, 6.07) is 14.6. The van der Waals surface area contributed by atoms with Crippen LogP contribution in [-0.2, 0) is 6.54 Å². The smallest absolute Gasteiger partial charge is 0.104 e. The van der Waals surface area contributed by atoms with E-state index in [1.807, 2.05) is 12.1 Å². The summed E-state index contributed by atoms with van der Waals surface area (Å²) >= 11 is 5.14. The maximum Gasteiger partial charge on any atom is 0.104 e. The van der Waals surface area contributed by atoms with Gasteiger partial charge in [-0.2, -0.15) is 0 Å². The number of rotatable bonds is 3. The first kappa shape index (κ1) is 13.8. The third kappa shape index (κ3) is 2.45. The average molecular weight is 294 g/mol. The molecule has 0 amide bonds. The van der Waals surface area contributed by atoms with Gasteiger partial charge in [0.05, 0.1) is 0 Å². The molecule has 1 heterocycles. The largest absolute Gasteiger partial charge is 0.389 e. The van der Waals surface area contributed by atoms with Crippen LogP contribution in [0.15, 0.2) is 48.7 Å². The minimum atomic E-state index is 0.449. The normalized spacial score (nSPS) is 11.0. The van der Waals surface area contributed by atoms with E-state index in [0.29, 0.717) is 4.99 Å². The van der Waals surface area contributed by atoms with Crippen LogP contribution in [0.1, 0.15) is 22.3 Å². The number of nitrogens with zero attached hydrogens (tertiary/aromatic N) is 1. The Bertz CT molecular complexity index is 810. The summed E-state index contributed by atoms with van der Waals surface area (Å²) in [5.74, 6) is 0. The fourth-order valence-corrected chi connectivity index (χ4v) is 3.02. The summed E-state index contributed by atoms with van der Waals surface area (Å²) in [5.41, 5.74) is 11.9. The fraction of sp³-hybridized carbons (Fsp3) is 0.167. The van der Waals surface area contributed by atoms with Crippen molar-refractivity contribution in [3.8, 4) is 0 Å². The monoisotopic (exact) mass is 294 g/mol. The van der Waals surface area contributed by atoms with E-state index in [0.717, 1.165) is 17.5 Å². The van der Waals surface area contributed by atoms with Gasteiger partial charge in [0.2, 0.25) is 0 Å². The number of hydrogen-bond acceptors (Lipinski definition) is 1. The van der Waals surface area contributed by atoms with E-state index >= 15 is 0 Å². The summed E-state index contributed by atoms with van der Waals surface area (Å²) in [6.07, 6.45) is 2.11. The molecule has 2 N–H and O–H groups in total. The highest BCUT2D eigenvalue weighted by molar-refractivity contribution is 7.80. The zero-order valence-electron chi connectivity index (χ0n) is 12.3. The Morgan fingerprint density at radius 3 is 2.38 bits per heavy atom. The van der Waals surface area contributed by atoms with Crippen LogP contribution in [0.3, 0.4) is 0 Å². The number of thiocarbonyl (C=S) groups is 1. The second-order valence-corrected chi connectivity index (χ2v) is 5.86. The predicted octanol–water partition coefficient (Wildman–Crippen LogP) is 3.94. The van der Waals surface area contributed by atoms with Gasteiger partial charge >= 0.3 is 0 Å². The molecule has 0 aliphatic rings. The Kier molecular flexibility index (Phi) is 3.52. The van der Waals surface area contributed by atoms with Crippen LogP contribution in [0.5, 0.6) is 0 Å². The van der Waals surface area contributed by atoms with E-state index in [-0.39, 0.29) is 0 Å². The molecule has 106 valence electrons.